The number of sulfonamides is 1. The van der Waals surface area contributed by atoms with Crippen molar-refractivity contribution in [1.82, 2.24) is 19.4 Å². The van der Waals surface area contributed by atoms with Crippen molar-refractivity contribution in [2.75, 3.05) is 13.1 Å². The summed E-state index contributed by atoms with van der Waals surface area (Å²) in [6, 6.07) is 18.1. The lowest BCUT2D eigenvalue weighted by molar-refractivity contribution is 0.0945. The van der Waals surface area contributed by atoms with Crippen LogP contribution >= 0.6 is 0 Å². The topological polar surface area (TPSA) is 84.3 Å². The summed E-state index contributed by atoms with van der Waals surface area (Å²) < 4.78 is 28.8. The van der Waals surface area contributed by atoms with Crippen molar-refractivity contribution in [2.24, 2.45) is 0 Å². The zero-order valence-electron chi connectivity index (χ0n) is 17.5. The fourth-order valence-electron chi connectivity index (χ4n) is 3.72. The molecule has 31 heavy (non-hydrogen) atoms. The van der Waals surface area contributed by atoms with Gasteiger partial charge in [-0.05, 0) is 55.7 Å². The summed E-state index contributed by atoms with van der Waals surface area (Å²) in [6.07, 6.45) is 2.89. The highest BCUT2D eigenvalue weighted by Gasteiger charge is 2.25. The molecule has 1 saturated heterocycles. The Morgan fingerprint density at radius 3 is 2.35 bits per heavy atom. The minimum Gasteiger partial charge on any atom is -0.347 e. The van der Waals surface area contributed by atoms with Gasteiger partial charge >= 0.3 is 0 Å². The van der Waals surface area contributed by atoms with Gasteiger partial charge in [0, 0.05) is 25.3 Å². The molecule has 0 saturated carbocycles. The van der Waals surface area contributed by atoms with Crippen molar-refractivity contribution < 1.29 is 13.2 Å². The first kappa shape index (κ1) is 21.3. The largest absolute Gasteiger partial charge is 0.347 e. The average Bonchev–Trinajstić information content (AvgIpc) is 3.20. The first-order valence-electron chi connectivity index (χ1n) is 10.4. The van der Waals surface area contributed by atoms with Gasteiger partial charge in [0.05, 0.1) is 10.6 Å². The summed E-state index contributed by atoms with van der Waals surface area (Å²) in [4.78, 5) is 12.9. The Morgan fingerprint density at radius 1 is 1.00 bits per heavy atom. The van der Waals surface area contributed by atoms with Crippen LogP contribution in [0.15, 0.2) is 65.6 Å². The second kappa shape index (κ2) is 9.03. The molecule has 7 nitrogen and oxygen atoms in total. The van der Waals surface area contributed by atoms with Gasteiger partial charge in [-0.25, -0.2) is 13.1 Å². The lowest BCUT2D eigenvalue weighted by Crippen LogP contribution is -2.35. The van der Waals surface area contributed by atoms with E-state index < -0.39 is 10.0 Å². The number of nitrogens with one attached hydrogen (secondary N) is 1. The first-order valence-corrected chi connectivity index (χ1v) is 11.9. The number of nitrogens with zero attached hydrogens (tertiary/aromatic N) is 3. The van der Waals surface area contributed by atoms with Crippen LogP contribution in [0.1, 0.15) is 41.0 Å². The van der Waals surface area contributed by atoms with E-state index in [0.29, 0.717) is 30.2 Å². The van der Waals surface area contributed by atoms with Gasteiger partial charge in [-0.1, -0.05) is 36.8 Å². The summed E-state index contributed by atoms with van der Waals surface area (Å²) in [7, 11) is -3.45. The third-order valence-electron chi connectivity index (χ3n) is 5.45. The molecule has 1 fully saturated rings. The molecule has 0 aliphatic carbocycles. The number of rotatable bonds is 6. The molecule has 4 rings (SSSR count). The van der Waals surface area contributed by atoms with Gasteiger partial charge in [-0.15, -0.1) is 0 Å². The van der Waals surface area contributed by atoms with Crippen LogP contribution in [0.25, 0.3) is 5.69 Å². The number of aryl methyl sites for hydroxylation is 1. The van der Waals surface area contributed by atoms with Crippen LogP contribution < -0.4 is 5.32 Å². The second-order valence-electron chi connectivity index (χ2n) is 7.71. The fourth-order valence-corrected chi connectivity index (χ4v) is 5.24. The molecule has 0 radical (unpaired) electrons. The van der Waals surface area contributed by atoms with E-state index in [0.717, 1.165) is 36.2 Å². The third-order valence-corrected chi connectivity index (χ3v) is 7.36. The zero-order valence-corrected chi connectivity index (χ0v) is 18.3. The van der Waals surface area contributed by atoms with Crippen molar-refractivity contribution in [2.45, 2.75) is 37.6 Å². The molecule has 3 aromatic rings. The molecular weight excluding hydrogens is 412 g/mol. The summed E-state index contributed by atoms with van der Waals surface area (Å²) in [5.41, 5.74) is 2.92. The maximum absolute atomic E-state index is 12.7. The molecule has 1 amide bonds. The predicted molar refractivity (Wildman–Crippen MR) is 119 cm³/mol. The summed E-state index contributed by atoms with van der Waals surface area (Å²) in [5, 5.41) is 7.26. The van der Waals surface area contributed by atoms with E-state index in [2.05, 4.69) is 10.4 Å². The number of carbonyl (C=O) groups excluding carboxylic acids is 1. The van der Waals surface area contributed by atoms with E-state index in [9.17, 15) is 13.2 Å². The number of hydrogen-bond donors (Lipinski definition) is 1. The number of hydrogen-bond acceptors (Lipinski definition) is 4. The molecule has 1 aliphatic rings. The summed E-state index contributed by atoms with van der Waals surface area (Å²) in [6.45, 7) is 3.35. The first-order chi connectivity index (χ1) is 14.9. The van der Waals surface area contributed by atoms with Gasteiger partial charge < -0.3 is 5.32 Å². The van der Waals surface area contributed by atoms with Crippen molar-refractivity contribution in [3.8, 4) is 5.69 Å². The lowest BCUT2D eigenvalue weighted by Gasteiger charge is -2.25. The lowest BCUT2D eigenvalue weighted by atomic mass is 10.2. The minimum atomic E-state index is -3.45. The molecule has 2 aromatic carbocycles. The molecule has 162 valence electrons. The van der Waals surface area contributed by atoms with Crippen LogP contribution in [0.2, 0.25) is 0 Å². The Kier molecular flexibility index (Phi) is 6.20. The highest BCUT2D eigenvalue weighted by Crippen LogP contribution is 2.21. The predicted octanol–water partition coefficient (Wildman–Crippen LogP) is 3.29. The SMILES string of the molecule is Cc1cc(C(=O)NCc2ccc(S(=O)(=O)N3CCCCC3)cc2)nn1-c1ccccc1. The Morgan fingerprint density at radius 2 is 1.68 bits per heavy atom. The summed E-state index contributed by atoms with van der Waals surface area (Å²) >= 11 is 0. The van der Waals surface area contributed by atoms with Crippen LogP contribution in [-0.4, -0.2) is 41.5 Å². The van der Waals surface area contributed by atoms with E-state index in [4.69, 9.17) is 0 Å². The van der Waals surface area contributed by atoms with E-state index in [1.54, 1.807) is 39.3 Å². The van der Waals surface area contributed by atoms with Gasteiger partial charge in [0.25, 0.3) is 5.91 Å². The number of aromatic nitrogens is 2. The molecule has 1 aromatic heterocycles. The number of amides is 1. The normalized spacial score (nSPS) is 15.0. The van der Waals surface area contributed by atoms with Crippen molar-refractivity contribution in [3.63, 3.8) is 0 Å². The average molecular weight is 439 g/mol. The van der Waals surface area contributed by atoms with Gasteiger partial charge in [0.1, 0.15) is 0 Å². The molecular formula is C23H26N4O3S. The second-order valence-corrected chi connectivity index (χ2v) is 9.65. The number of para-hydroxylation sites is 1. The van der Waals surface area contributed by atoms with Crippen molar-refractivity contribution in [1.29, 1.82) is 0 Å². The van der Waals surface area contributed by atoms with E-state index in [-0.39, 0.29) is 5.91 Å². The monoisotopic (exact) mass is 438 g/mol. The Hall–Kier alpha value is -2.97. The molecule has 0 bridgehead atoms. The van der Waals surface area contributed by atoms with Crippen LogP contribution in [0.4, 0.5) is 0 Å². The van der Waals surface area contributed by atoms with Gasteiger partial charge in [0.2, 0.25) is 10.0 Å². The van der Waals surface area contributed by atoms with E-state index >= 15 is 0 Å². The van der Waals surface area contributed by atoms with Gasteiger partial charge in [-0.2, -0.15) is 9.40 Å². The Labute approximate surface area is 182 Å². The van der Waals surface area contributed by atoms with Crippen LogP contribution in [-0.2, 0) is 16.6 Å². The maximum Gasteiger partial charge on any atom is 0.272 e. The fraction of sp³-hybridized carbons (Fsp3) is 0.304. The van der Waals surface area contributed by atoms with Gasteiger partial charge in [0.15, 0.2) is 5.69 Å². The Bertz CT molecular complexity index is 1150. The van der Waals surface area contributed by atoms with Crippen LogP contribution in [0, 0.1) is 6.92 Å². The molecule has 0 atom stereocenters. The van der Waals surface area contributed by atoms with Crippen LogP contribution in [0.5, 0.6) is 0 Å². The molecule has 1 N–H and O–H groups in total. The Balaban J connectivity index is 1.40. The molecule has 2 heterocycles. The number of carbonyl (C=O) groups is 1. The van der Waals surface area contributed by atoms with E-state index in [1.807, 2.05) is 37.3 Å². The third kappa shape index (κ3) is 4.70. The number of piperidine rings is 1. The molecule has 1 aliphatic heterocycles. The zero-order chi connectivity index (χ0) is 21.8. The van der Waals surface area contributed by atoms with Crippen LogP contribution in [0.3, 0.4) is 0 Å². The molecule has 8 heteroatoms. The molecule has 0 spiro atoms. The van der Waals surface area contributed by atoms with Crippen molar-refractivity contribution in [3.05, 3.63) is 77.6 Å². The highest BCUT2D eigenvalue weighted by atomic mass is 32.2. The standard InChI is InChI=1S/C23H26N4O3S/c1-18-16-22(25-27(18)20-8-4-2-5-9-20)23(28)24-17-19-10-12-21(13-11-19)31(29,30)26-14-6-3-7-15-26/h2,4-5,8-13,16H,3,6-7,14-15,17H2,1H3,(H,24,28). The maximum atomic E-state index is 12.7. The molecule has 0 unspecified atom stereocenters. The van der Waals surface area contributed by atoms with Crippen molar-refractivity contribution >= 4 is 15.9 Å². The smallest absolute Gasteiger partial charge is 0.272 e. The highest BCUT2D eigenvalue weighted by molar-refractivity contribution is 7.89. The quantitative estimate of drug-likeness (QED) is 0.640. The summed E-state index contributed by atoms with van der Waals surface area (Å²) in [5.74, 6) is -0.275. The van der Waals surface area contributed by atoms with Gasteiger partial charge in [-0.3, -0.25) is 4.79 Å². The number of benzene rings is 2. The minimum absolute atomic E-state index is 0.275. The van der Waals surface area contributed by atoms with E-state index in [1.165, 1.54) is 0 Å².